The molecule has 1 heterocycles. The Bertz CT molecular complexity index is 575. The summed E-state index contributed by atoms with van der Waals surface area (Å²) in [5, 5.41) is 0. The Morgan fingerprint density at radius 1 is 1.30 bits per heavy atom. The summed E-state index contributed by atoms with van der Waals surface area (Å²) in [5.41, 5.74) is 0.613. The number of aryl methyl sites for hydroxylation is 1. The third-order valence-electron chi connectivity index (χ3n) is 2.95. The van der Waals surface area contributed by atoms with Crippen LogP contribution in [0.3, 0.4) is 0 Å². The van der Waals surface area contributed by atoms with Crippen LogP contribution >= 0.6 is 0 Å². The van der Waals surface area contributed by atoms with E-state index < -0.39 is 0 Å². The molecule has 0 fully saturated rings. The van der Waals surface area contributed by atoms with Crippen molar-refractivity contribution in [3.05, 3.63) is 48.0 Å². The van der Waals surface area contributed by atoms with Crippen LogP contribution in [0.5, 0.6) is 5.75 Å². The van der Waals surface area contributed by atoms with Crippen molar-refractivity contribution in [1.29, 1.82) is 0 Å². The number of carbonyl (C=O) groups excluding carboxylic acids is 1. The van der Waals surface area contributed by atoms with Crippen LogP contribution in [-0.4, -0.2) is 21.9 Å². The Morgan fingerprint density at radius 3 is 2.90 bits per heavy atom. The monoisotopic (exact) mass is 272 g/mol. The van der Waals surface area contributed by atoms with Gasteiger partial charge in [-0.15, -0.1) is 0 Å². The highest BCUT2D eigenvalue weighted by atomic mass is 16.5. The van der Waals surface area contributed by atoms with Gasteiger partial charge in [-0.05, 0) is 25.0 Å². The molecular weight excluding hydrogens is 252 g/mol. The summed E-state index contributed by atoms with van der Waals surface area (Å²) in [7, 11) is 0. The Kier molecular flexibility index (Phi) is 4.93. The van der Waals surface area contributed by atoms with Crippen molar-refractivity contribution in [3.8, 4) is 5.75 Å². The third kappa shape index (κ3) is 3.26. The van der Waals surface area contributed by atoms with Crippen LogP contribution in [0.4, 0.5) is 0 Å². The normalized spacial score (nSPS) is 10.5. The molecule has 4 heteroatoms. The van der Waals surface area contributed by atoms with E-state index in [0.717, 1.165) is 25.1 Å². The highest BCUT2D eigenvalue weighted by Gasteiger charge is 2.15. The molecule has 0 N–H and O–H groups in total. The lowest BCUT2D eigenvalue weighted by Gasteiger charge is -2.08. The minimum atomic E-state index is -0.0644. The van der Waals surface area contributed by atoms with Crippen molar-refractivity contribution < 1.29 is 9.53 Å². The first-order valence-corrected chi connectivity index (χ1v) is 7.05. The fourth-order valence-corrected chi connectivity index (χ4v) is 2.02. The summed E-state index contributed by atoms with van der Waals surface area (Å²) in [6, 6.07) is 7.28. The molecule has 106 valence electrons. The molecule has 0 aliphatic carbocycles. The van der Waals surface area contributed by atoms with Gasteiger partial charge in [0.1, 0.15) is 5.75 Å². The summed E-state index contributed by atoms with van der Waals surface area (Å²) < 4.78 is 7.45. The number of rotatable bonds is 7. The van der Waals surface area contributed by atoms with Crippen LogP contribution in [-0.2, 0) is 6.54 Å². The van der Waals surface area contributed by atoms with Crippen molar-refractivity contribution in [2.75, 3.05) is 6.61 Å². The van der Waals surface area contributed by atoms with Crippen molar-refractivity contribution >= 4 is 5.78 Å². The van der Waals surface area contributed by atoms with Crippen LogP contribution in [0.1, 0.15) is 42.9 Å². The molecule has 1 aromatic heterocycles. The molecule has 0 bridgehead atoms. The van der Waals surface area contributed by atoms with Crippen LogP contribution in [0.2, 0.25) is 0 Å². The van der Waals surface area contributed by atoms with Gasteiger partial charge < -0.3 is 9.30 Å². The van der Waals surface area contributed by atoms with Crippen molar-refractivity contribution in [2.45, 2.75) is 33.2 Å². The van der Waals surface area contributed by atoms with Crippen LogP contribution in [0.25, 0.3) is 0 Å². The van der Waals surface area contributed by atoms with Gasteiger partial charge in [0.05, 0.1) is 6.61 Å². The van der Waals surface area contributed by atoms with Gasteiger partial charge in [0.15, 0.2) is 5.82 Å². The van der Waals surface area contributed by atoms with E-state index in [4.69, 9.17) is 4.74 Å². The van der Waals surface area contributed by atoms with Crippen molar-refractivity contribution in [2.24, 2.45) is 0 Å². The molecule has 0 unspecified atom stereocenters. The molecule has 0 atom stereocenters. The maximum absolute atomic E-state index is 12.5. The second-order valence-corrected chi connectivity index (χ2v) is 4.65. The summed E-state index contributed by atoms with van der Waals surface area (Å²) in [6.45, 7) is 5.58. The van der Waals surface area contributed by atoms with Gasteiger partial charge in [0, 0.05) is 24.5 Å². The number of hydrogen-bond donors (Lipinski definition) is 0. The number of ether oxygens (including phenoxy) is 1. The Morgan fingerprint density at radius 2 is 2.15 bits per heavy atom. The minimum absolute atomic E-state index is 0.0644. The van der Waals surface area contributed by atoms with E-state index in [1.807, 2.05) is 22.9 Å². The predicted molar refractivity (Wildman–Crippen MR) is 78.2 cm³/mol. The lowest BCUT2D eigenvalue weighted by Crippen LogP contribution is -2.11. The van der Waals surface area contributed by atoms with Gasteiger partial charge >= 0.3 is 0 Å². The van der Waals surface area contributed by atoms with Gasteiger partial charge in [0.2, 0.25) is 5.78 Å². The summed E-state index contributed by atoms with van der Waals surface area (Å²) >= 11 is 0. The molecule has 0 saturated heterocycles. The average molecular weight is 272 g/mol. The number of benzene rings is 1. The standard InChI is InChI=1S/C16H20N2O2/c1-3-9-18-10-8-17-16(18)15(19)13-6-5-7-14(12-13)20-11-4-2/h5-8,10,12H,3-4,9,11H2,1-2H3. The summed E-state index contributed by atoms with van der Waals surface area (Å²) in [4.78, 5) is 16.7. The second kappa shape index (κ2) is 6.89. The van der Waals surface area contributed by atoms with E-state index in [0.29, 0.717) is 18.0 Å². The number of carbonyl (C=O) groups is 1. The van der Waals surface area contributed by atoms with Gasteiger partial charge in [-0.3, -0.25) is 4.79 Å². The highest BCUT2D eigenvalue weighted by Crippen LogP contribution is 2.16. The first-order valence-electron chi connectivity index (χ1n) is 7.05. The van der Waals surface area contributed by atoms with E-state index in [1.165, 1.54) is 0 Å². The number of ketones is 1. The molecular formula is C16H20N2O2. The number of aromatic nitrogens is 2. The molecule has 4 nitrogen and oxygen atoms in total. The van der Waals surface area contributed by atoms with Crippen LogP contribution in [0.15, 0.2) is 36.7 Å². The zero-order chi connectivity index (χ0) is 14.4. The second-order valence-electron chi connectivity index (χ2n) is 4.65. The minimum Gasteiger partial charge on any atom is -0.494 e. The predicted octanol–water partition coefficient (Wildman–Crippen LogP) is 3.31. The maximum Gasteiger partial charge on any atom is 0.228 e. The highest BCUT2D eigenvalue weighted by molar-refractivity contribution is 6.06. The van der Waals surface area contributed by atoms with E-state index >= 15 is 0 Å². The largest absolute Gasteiger partial charge is 0.494 e. The van der Waals surface area contributed by atoms with Crippen LogP contribution < -0.4 is 4.74 Å². The number of nitrogens with zero attached hydrogens (tertiary/aromatic N) is 2. The quantitative estimate of drug-likeness (QED) is 0.726. The van der Waals surface area contributed by atoms with E-state index in [9.17, 15) is 4.79 Å². The SMILES string of the molecule is CCCOc1cccc(C(=O)c2nccn2CCC)c1. The first-order chi connectivity index (χ1) is 9.76. The molecule has 2 rings (SSSR count). The Hall–Kier alpha value is -2.10. The maximum atomic E-state index is 12.5. The van der Waals surface area contributed by atoms with Crippen molar-refractivity contribution in [3.63, 3.8) is 0 Å². The topological polar surface area (TPSA) is 44.1 Å². The van der Waals surface area contributed by atoms with E-state index in [2.05, 4.69) is 18.8 Å². The Labute approximate surface area is 119 Å². The van der Waals surface area contributed by atoms with E-state index in [1.54, 1.807) is 18.3 Å². The van der Waals surface area contributed by atoms with Crippen molar-refractivity contribution in [1.82, 2.24) is 9.55 Å². The Balaban J connectivity index is 2.22. The molecule has 0 saturated carbocycles. The lowest BCUT2D eigenvalue weighted by molar-refractivity contribution is 0.102. The smallest absolute Gasteiger partial charge is 0.228 e. The number of imidazole rings is 1. The third-order valence-corrected chi connectivity index (χ3v) is 2.95. The zero-order valence-corrected chi connectivity index (χ0v) is 12.0. The lowest BCUT2D eigenvalue weighted by atomic mass is 10.1. The fraction of sp³-hybridized carbons (Fsp3) is 0.375. The van der Waals surface area contributed by atoms with E-state index in [-0.39, 0.29) is 5.78 Å². The molecule has 1 aromatic carbocycles. The molecule has 20 heavy (non-hydrogen) atoms. The zero-order valence-electron chi connectivity index (χ0n) is 12.0. The molecule has 2 aromatic rings. The fourth-order valence-electron chi connectivity index (χ4n) is 2.02. The van der Waals surface area contributed by atoms with Gasteiger partial charge in [-0.25, -0.2) is 4.98 Å². The van der Waals surface area contributed by atoms with Crippen LogP contribution in [0, 0.1) is 0 Å². The molecule has 0 aliphatic rings. The summed E-state index contributed by atoms with van der Waals surface area (Å²) in [6.07, 6.45) is 5.42. The molecule has 0 spiro atoms. The van der Waals surface area contributed by atoms with Gasteiger partial charge in [-0.1, -0.05) is 26.0 Å². The molecule has 0 aliphatic heterocycles. The first kappa shape index (κ1) is 14.3. The average Bonchev–Trinajstić information content (AvgIpc) is 2.93. The molecule has 0 radical (unpaired) electrons. The number of hydrogen-bond acceptors (Lipinski definition) is 3. The van der Waals surface area contributed by atoms with Gasteiger partial charge in [-0.2, -0.15) is 0 Å². The van der Waals surface area contributed by atoms with Gasteiger partial charge in [0.25, 0.3) is 0 Å². The molecule has 0 amide bonds. The summed E-state index contributed by atoms with van der Waals surface area (Å²) in [5.74, 6) is 1.15.